The summed E-state index contributed by atoms with van der Waals surface area (Å²) in [5.41, 5.74) is 0.343. The van der Waals surface area contributed by atoms with E-state index in [1.807, 2.05) is 6.92 Å². The van der Waals surface area contributed by atoms with Crippen LogP contribution in [0.4, 0.5) is 0 Å². The minimum Gasteiger partial charge on any atom is -0.389 e. The Morgan fingerprint density at radius 3 is 2.29 bits per heavy atom. The normalized spacial score (nSPS) is 15.0. The summed E-state index contributed by atoms with van der Waals surface area (Å²) in [6.45, 7) is 17.3. The highest BCUT2D eigenvalue weighted by Gasteiger charge is 2.13. The number of halogens is 1. The molecule has 0 amide bonds. The first-order valence-corrected chi connectivity index (χ1v) is 8.94. The van der Waals surface area contributed by atoms with Gasteiger partial charge in [0.15, 0.2) is 5.96 Å². The quantitative estimate of drug-likeness (QED) is 0.267. The minimum atomic E-state index is -0.561. The first-order valence-electron chi connectivity index (χ1n) is 8.94. The lowest BCUT2D eigenvalue weighted by atomic mass is 9.89. The molecule has 0 aromatic carbocycles. The van der Waals surface area contributed by atoms with Gasteiger partial charge in [-0.1, -0.05) is 34.6 Å². The van der Waals surface area contributed by atoms with Gasteiger partial charge in [0.1, 0.15) is 0 Å². The van der Waals surface area contributed by atoms with Crippen molar-refractivity contribution in [3.8, 4) is 0 Å². The van der Waals surface area contributed by atoms with Crippen molar-refractivity contribution >= 4 is 29.9 Å². The first kappa shape index (κ1) is 26.2. The summed E-state index contributed by atoms with van der Waals surface area (Å²) in [6.07, 6.45) is 1.69. The minimum absolute atomic E-state index is 0. The van der Waals surface area contributed by atoms with E-state index in [1.165, 1.54) is 0 Å². The molecule has 0 rings (SSSR count). The summed E-state index contributed by atoms with van der Waals surface area (Å²) in [7, 11) is 0. The van der Waals surface area contributed by atoms with Gasteiger partial charge in [-0.25, -0.2) is 0 Å². The SMILES string of the molecule is CCNC(=NCC(O)COCC(C)C)NC(C)CCC(C)(C)C.I. The van der Waals surface area contributed by atoms with Crippen molar-refractivity contribution in [2.24, 2.45) is 16.3 Å². The molecule has 0 aromatic rings. The number of guanidine groups is 1. The molecule has 0 fully saturated rings. The third-order valence-corrected chi connectivity index (χ3v) is 3.28. The molecule has 0 aromatic heterocycles. The molecule has 0 radical (unpaired) electrons. The topological polar surface area (TPSA) is 65.9 Å². The van der Waals surface area contributed by atoms with Gasteiger partial charge in [-0.15, -0.1) is 24.0 Å². The Kier molecular flexibility index (Phi) is 15.4. The Balaban J connectivity index is 0. The maximum absolute atomic E-state index is 9.94. The molecule has 0 spiro atoms. The van der Waals surface area contributed by atoms with Gasteiger partial charge in [0.05, 0.1) is 19.3 Å². The predicted molar refractivity (Wildman–Crippen MR) is 114 cm³/mol. The number of aliphatic hydroxyl groups excluding tert-OH is 1. The molecule has 0 aliphatic rings. The van der Waals surface area contributed by atoms with Crippen molar-refractivity contribution in [2.75, 3.05) is 26.3 Å². The molecular weight excluding hydrogens is 417 g/mol. The van der Waals surface area contributed by atoms with E-state index < -0.39 is 6.10 Å². The number of aliphatic hydroxyl groups is 1. The third-order valence-electron chi connectivity index (χ3n) is 3.28. The van der Waals surface area contributed by atoms with Gasteiger partial charge in [0, 0.05) is 19.2 Å². The standard InChI is InChI=1S/C18H39N3O2.HI/c1-8-19-17(21-15(4)9-10-18(5,6)7)20-11-16(22)13-23-12-14(2)3;/h14-16,22H,8-13H2,1-7H3,(H2,19,20,21);1H. The second kappa shape index (κ2) is 14.1. The largest absolute Gasteiger partial charge is 0.389 e. The van der Waals surface area contributed by atoms with E-state index in [2.05, 4.69) is 57.2 Å². The summed E-state index contributed by atoms with van der Waals surface area (Å²) in [4.78, 5) is 4.46. The van der Waals surface area contributed by atoms with Crippen LogP contribution in [0, 0.1) is 11.3 Å². The van der Waals surface area contributed by atoms with Crippen LogP contribution >= 0.6 is 24.0 Å². The fraction of sp³-hybridized carbons (Fsp3) is 0.944. The highest BCUT2D eigenvalue weighted by atomic mass is 127. The number of nitrogens with one attached hydrogen (secondary N) is 2. The molecule has 0 saturated carbocycles. The summed E-state index contributed by atoms with van der Waals surface area (Å²) in [5.74, 6) is 1.24. The first-order chi connectivity index (χ1) is 10.6. The fourth-order valence-electron chi connectivity index (χ4n) is 1.96. The van der Waals surface area contributed by atoms with Crippen LogP contribution in [0.5, 0.6) is 0 Å². The molecule has 2 unspecified atom stereocenters. The van der Waals surface area contributed by atoms with E-state index in [9.17, 15) is 5.11 Å². The Hall–Kier alpha value is -0.0800. The van der Waals surface area contributed by atoms with Crippen molar-refractivity contribution < 1.29 is 9.84 Å². The van der Waals surface area contributed by atoms with E-state index in [1.54, 1.807) is 0 Å². The van der Waals surface area contributed by atoms with Crippen molar-refractivity contribution in [3.63, 3.8) is 0 Å². The van der Waals surface area contributed by atoms with Crippen LogP contribution in [-0.2, 0) is 4.74 Å². The Bertz CT molecular complexity index is 331. The molecule has 3 N–H and O–H groups in total. The van der Waals surface area contributed by atoms with Crippen LogP contribution in [0.3, 0.4) is 0 Å². The highest BCUT2D eigenvalue weighted by Crippen LogP contribution is 2.21. The number of hydrogen-bond donors (Lipinski definition) is 3. The van der Waals surface area contributed by atoms with Crippen molar-refractivity contribution in [2.45, 2.75) is 73.5 Å². The molecule has 146 valence electrons. The Morgan fingerprint density at radius 1 is 1.17 bits per heavy atom. The second-order valence-electron chi connectivity index (χ2n) is 7.95. The van der Waals surface area contributed by atoms with Crippen molar-refractivity contribution in [1.82, 2.24) is 10.6 Å². The summed E-state index contributed by atoms with van der Waals surface area (Å²) in [5, 5.41) is 16.6. The zero-order valence-corrected chi connectivity index (χ0v) is 19.0. The third kappa shape index (κ3) is 16.8. The zero-order valence-electron chi connectivity index (χ0n) is 16.7. The average molecular weight is 457 g/mol. The molecule has 0 bridgehead atoms. The lowest BCUT2D eigenvalue weighted by Gasteiger charge is -2.23. The number of aliphatic imine (C=N–C) groups is 1. The number of hydrogen-bond acceptors (Lipinski definition) is 3. The maximum atomic E-state index is 9.94. The van der Waals surface area contributed by atoms with Gasteiger partial charge in [-0.05, 0) is 38.0 Å². The molecule has 6 heteroatoms. The van der Waals surface area contributed by atoms with E-state index in [4.69, 9.17) is 4.74 Å². The van der Waals surface area contributed by atoms with Crippen LogP contribution in [0.2, 0.25) is 0 Å². The average Bonchev–Trinajstić information content (AvgIpc) is 2.41. The Morgan fingerprint density at radius 2 is 1.79 bits per heavy atom. The summed E-state index contributed by atoms with van der Waals surface area (Å²) < 4.78 is 5.45. The van der Waals surface area contributed by atoms with E-state index >= 15 is 0 Å². The van der Waals surface area contributed by atoms with Gasteiger partial charge < -0.3 is 20.5 Å². The molecule has 24 heavy (non-hydrogen) atoms. The fourth-order valence-corrected chi connectivity index (χ4v) is 1.96. The van der Waals surface area contributed by atoms with E-state index in [-0.39, 0.29) is 24.0 Å². The second-order valence-corrected chi connectivity index (χ2v) is 7.95. The van der Waals surface area contributed by atoms with Crippen LogP contribution in [0.15, 0.2) is 4.99 Å². The van der Waals surface area contributed by atoms with Crippen LogP contribution < -0.4 is 10.6 Å². The lowest BCUT2D eigenvalue weighted by Crippen LogP contribution is -2.43. The van der Waals surface area contributed by atoms with Crippen LogP contribution in [0.1, 0.15) is 61.3 Å². The molecule has 0 aliphatic heterocycles. The van der Waals surface area contributed by atoms with Crippen molar-refractivity contribution in [1.29, 1.82) is 0 Å². The summed E-state index contributed by atoms with van der Waals surface area (Å²) in [6, 6.07) is 0.348. The molecular formula is C18H40IN3O2. The predicted octanol–water partition coefficient (Wildman–Crippen LogP) is 3.41. The molecule has 0 heterocycles. The lowest BCUT2D eigenvalue weighted by molar-refractivity contribution is 0.0301. The number of rotatable bonds is 10. The molecule has 0 aliphatic carbocycles. The maximum Gasteiger partial charge on any atom is 0.191 e. The molecule has 0 saturated heterocycles. The van der Waals surface area contributed by atoms with E-state index in [0.29, 0.717) is 37.1 Å². The van der Waals surface area contributed by atoms with Gasteiger partial charge >= 0.3 is 0 Å². The van der Waals surface area contributed by atoms with Gasteiger partial charge in [-0.2, -0.15) is 0 Å². The monoisotopic (exact) mass is 457 g/mol. The highest BCUT2D eigenvalue weighted by molar-refractivity contribution is 14.0. The van der Waals surface area contributed by atoms with Gasteiger partial charge in [-0.3, -0.25) is 4.99 Å². The summed E-state index contributed by atoms with van der Waals surface area (Å²) >= 11 is 0. The molecule has 2 atom stereocenters. The number of nitrogens with zero attached hydrogens (tertiary/aromatic N) is 1. The molecule has 5 nitrogen and oxygen atoms in total. The van der Waals surface area contributed by atoms with Gasteiger partial charge in [0.2, 0.25) is 0 Å². The van der Waals surface area contributed by atoms with Crippen LogP contribution in [0.25, 0.3) is 0 Å². The van der Waals surface area contributed by atoms with Crippen LogP contribution in [-0.4, -0.2) is 49.5 Å². The number of ether oxygens (including phenoxy) is 1. The van der Waals surface area contributed by atoms with E-state index in [0.717, 1.165) is 25.3 Å². The Labute approximate surface area is 166 Å². The zero-order chi connectivity index (χ0) is 17.9. The van der Waals surface area contributed by atoms with Gasteiger partial charge in [0.25, 0.3) is 0 Å². The van der Waals surface area contributed by atoms with Crippen molar-refractivity contribution in [3.05, 3.63) is 0 Å². The smallest absolute Gasteiger partial charge is 0.191 e.